The minimum Gasteiger partial charge on any atom is -0.339 e. The number of aromatic nitrogens is 3. The van der Waals surface area contributed by atoms with E-state index in [1.807, 2.05) is 18.7 Å². The minimum atomic E-state index is -3.72. The molecule has 8 nitrogen and oxygen atoms in total. The van der Waals surface area contributed by atoms with Gasteiger partial charge in [-0.25, -0.2) is 18.5 Å². The monoisotopic (exact) mass is 343 g/mol. The first-order chi connectivity index (χ1) is 10.4. The standard InChI is InChI=1S/C12H17N5O3S2/c1-7(2)11-15-10(16-20-11)8-4-3-5-17(8)12-14-6-9(21-12)22(13,18)19/h6-8H,3-5H2,1-2H3,(H2,13,18,19). The number of sulfonamides is 1. The molecule has 2 aromatic heterocycles. The quantitative estimate of drug-likeness (QED) is 0.897. The van der Waals surface area contributed by atoms with Crippen LogP contribution in [0.2, 0.25) is 0 Å². The van der Waals surface area contributed by atoms with Crippen LogP contribution < -0.4 is 10.0 Å². The van der Waals surface area contributed by atoms with Crippen molar-refractivity contribution in [3.8, 4) is 0 Å². The topological polar surface area (TPSA) is 115 Å². The number of thiazole rings is 1. The number of hydrogen-bond donors (Lipinski definition) is 1. The Labute approximate surface area is 132 Å². The van der Waals surface area contributed by atoms with Crippen molar-refractivity contribution in [2.24, 2.45) is 5.14 Å². The fourth-order valence-electron chi connectivity index (χ4n) is 2.40. The van der Waals surface area contributed by atoms with Gasteiger partial charge in [-0.15, -0.1) is 0 Å². The third-order valence-electron chi connectivity index (χ3n) is 3.50. The van der Waals surface area contributed by atoms with Gasteiger partial charge in [-0.1, -0.05) is 30.3 Å². The van der Waals surface area contributed by atoms with E-state index in [1.165, 1.54) is 6.20 Å². The Hall–Kier alpha value is -1.52. The lowest BCUT2D eigenvalue weighted by Crippen LogP contribution is -2.23. The molecule has 22 heavy (non-hydrogen) atoms. The first kappa shape index (κ1) is 15.4. The summed E-state index contributed by atoms with van der Waals surface area (Å²) in [5, 5.41) is 9.81. The molecular weight excluding hydrogens is 326 g/mol. The van der Waals surface area contributed by atoms with Gasteiger partial charge in [0.15, 0.2) is 15.2 Å². The van der Waals surface area contributed by atoms with Gasteiger partial charge in [0, 0.05) is 12.5 Å². The summed E-state index contributed by atoms with van der Waals surface area (Å²) >= 11 is 1.06. The lowest BCUT2D eigenvalue weighted by molar-refractivity contribution is 0.358. The highest BCUT2D eigenvalue weighted by molar-refractivity contribution is 7.91. The normalized spacial score (nSPS) is 19.3. The second kappa shape index (κ2) is 5.60. The van der Waals surface area contributed by atoms with Crippen LogP contribution in [0.15, 0.2) is 14.9 Å². The van der Waals surface area contributed by atoms with Crippen LogP contribution in [-0.2, 0) is 10.0 Å². The van der Waals surface area contributed by atoms with E-state index in [2.05, 4.69) is 15.1 Å². The molecule has 1 atom stereocenters. The molecule has 2 N–H and O–H groups in total. The summed E-state index contributed by atoms with van der Waals surface area (Å²) in [6, 6.07) is -0.0456. The Bertz CT molecular complexity index is 767. The van der Waals surface area contributed by atoms with E-state index in [1.54, 1.807) is 0 Å². The zero-order valence-electron chi connectivity index (χ0n) is 12.3. The van der Waals surface area contributed by atoms with Crippen LogP contribution >= 0.6 is 11.3 Å². The number of nitrogens with two attached hydrogens (primary N) is 1. The van der Waals surface area contributed by atoms with Crippen LogP contribution in [0.25, 0.3) is 0 Å². The number of nitrogens with zero attached hydrogens (tertiary/aromatic N) is 4. The van der Waals surface area contributed by atoms with Crippen LogP contribution in [0.4, 0.5) is 5.13 Å². The van der Waals surface area contributed by atoms with Gasteiger partial charge in [-0.2, -0.15) is 4.98 Å². The third kappa shape index (κ3) is 2.85. The van der Waals surface area contributed by atoms with Gasteiger partial charge in [0.2, 0.25) is 15.9 Å². The zero-order valence-corrected chi connectivity index (χ0v) is 13.9. The van der Waals surface area contributed by atoms with Crippen LogP contribution in [0.1, 0.15) is 50.4 Å². The Kier molecular flexibility index (Phi) is 3.91. The highest BCUT2D eigenvalue weighted by Crippen LogP contribution is 2.37. The highest BCUT2D eigenvalue weighted by Gasteiger charge is 2.32. The summed E-state index contributed by atoms with van der Waals surface area (Å²) < 4.78 is 28.1. The molecule has 0 radical (unpaired) electrons. The van der Waals surface area contributed by atoms with Crippen molar-refractivity contribution in [2.75, 3.05) is 11.4 Å². The molecule has 0 bridgehead atoms. The van der Waals surface area contributed by atoms with Gasteiger partial charge in [0.1, 0.15) is 0 Å². The summed E-state index contributed by atoms with van der Waals surface area (Å²) in [7, 11) is -3.72. The molecule has 3 heterocycles. The number of primary sulfonamides is 1. The highest BCUT2D eigenvalue weighted by atomic mass is 32.2. The van der Waals surface area contributed by atoms with Gasteiger partial charge in [-0.3, -0.25) is 0 Å². The van der Waals surface area contributed by atoms with Crippen molar-refractivity contribution in [1.82, 2.24) is 15.1 Å². The zero-order chi connectivity index (χ0) is 15.9. The molecule has 120 valence electrons. The number of hydrogen-bond acceptors (Lipinski definition) is 8. The predicted octanol–water partition coefficient (Wildman–Crippen LogP) is 1.64. The van der Waals surface area contributed by atoms with Crippen molar-refractivity contribution in [3.05, 3.63) is 17.9 Å². The molecule has 0 saturated carbocycles. The van der Waals surface area contributed by atoms with Gasteiger partial charge in [-0.05, 0) is 12.8 Å². The Morgan fingerprint density at radius 1 is 1.50 bits per heavy atom. The molecule has 0 aromatic carbocycles. The molecule has 0 aliphatic carbocycles. The van der Waals surface area contributed by atoms with E-state index < -0.39 is 10.0 Å². The average molecular weight is 343 g/mol. The largest absolute Gasteiger partial charge is 0.339 e. The van der Waals surface area contributed by atoms with Crippen molar-refractivity contribution < 1.29 is 12.9 Å². The maximum Gasteiger partial charge on any atom is 0.249 e. The predicted molar refractivity (Wildman–Crippen MR) is 81.2 cm³/mol. The van der Waals surface area contributed by atoms with E-state index in [9.17, 15) is 8.42 Å². The van der Waals surface area contributed by atoms with Crippen molar-refractivity contribution in [3.63, 3.8) is 0 Å². The maximum absolute atomic E-state index is 11.4. The summed E-state index contributed by atoms with van der Waals surface area (Å²) in [6.07, 6.45) is 3.13. The second-order valence-corrected chi connectivity index (χ2v) is 8.30. The van der Waals surface area contributed by atoms with Gasteiger partial charge >= 0.3 is 0 Å². The molecule has 3 rings (SSSR count). The number of anilines is 1. The third-order valence-corrected chi connectivity index (χ3v) is 5.94. The summed E-state index contributed by atoms with van der Waals surface area (Å²) in [5.74, 6) is 1.39. The first-order valence-corrected chi connectivity index (χ1v) is 9.31. The summed E-state index contributed by atoms with van der Waals surface area (Å²) in [5.41, 5.74) is 0. The Morgan fingerprint density at radius 2 is 2.27 bits per heavy atom. The van der Waals surface area contributed by atoms with E-state index >= 15 is 0 Å². The summed E-state index contributed by atoms with van der Waals surface area (Å²) in [4.78, 5) is 10.6. The van der Waals surface area contributed by atoms with Crippen molar-refractivity contribution >= 4 is 26.5 Å². The molecule has 1 saturated heterocycles. The smallest absolute Gasteiger partial charge is 0.249 e. The Morgan fingerprint density at radius 3 is 2.86 bits per heavy atom. The van der Waals surface area contributed by atoms with Gasteiger partial charge < -0.3 is 9.42 Å². The van der Waals surface area contributed by atoms with Crippen LogP contribution in [0.3, 0.4) is 0 Å². The molecule has 0 amide bonds. The van der Waals surface area contributed by atoms with Crippen LogP contribution in [-0.4, -0.2) is 30.1 Å². The molecule has 1 aliphatic heterocycles. The van der Waals surface area contributed by atoms with E-state index in [0.717, 1.165) is 30.7 Å². The minimum absolute atomic E-state index is 0.0456. The number of rotatable bonds is 4. The molecular formula is C12H17N5O3S2. The first-order valence-electron chi connectivity index (χ1n) is 6.95. The van der Waals surface area contributed by atoms with Crippen molar-refractivity contribution in [2.45, 2.75) is 42.9 Å². The van der Waals surface area contributed by atoms with Gasteiger partial charge in [0.25, 0.3) is 0 Å². The van der Waals surface area contributed by atoms with Crippen LogP contribution in [0.5, 0.6) is 0 Å². The molecule has 1 fully saturated rings. The summed E-state index contributed by atoms with van der Waals surface area (Å²) in [6.45, 7) is 4.75. The molecule has 1 unspecified atom stereocenters. The maximum atomic E-state index is 11.4. The molecule has 2 aromatic rings. The van der Waals surface area contributed by atoms with Crippen molar-refractivity contribution in [1.29, 1.82) is 0 Å². The Balaban J connectivity index is 1.88. The lowest BCUT2D eigenvalue weighted by atomic mass is 10.2. The lowest BCUT2D eigenvalue weighted by Gasteiger charge is -2.20. The fraction of sp³-hybridized carbons (Fsp3) is 0.583. The molecule has 10 heteroatoms. The van der Waals surface area contributed by atoms with E-state index in [0.29, 0.717) is 16.8 Å². The van der Waals surface area contributed by atoms with Gasteiger partial charge in [0.05, 0.1) is 12.2 Å². The average Bonchev–Trinajstić information content (AvgIpc) is 3.17. The fourth-order valence-corrected chi connectivity index (χ4v) is 4.01. The SMILES string of the molecule is CC(C)c1nc(C2CCCN2c2ncc(S(N)(=O)=O)s2)no1. The van der Waals surface area contributed by atoms with E-state index in [-0.39, 0.29) is 16.2 Å². The molecule has 1 aliphatic rings. The second-order valence-electron chi connectivity index (χ2n) is 5.50. The van der Waals surface area contributed by atoms with E-state index in [4.69, 9.17) is 9.66 Å². The molecule has 0 spiro atoms. The van der Waals surface area contributed by atoms with Crippen LogP contribution in [0, 0.1) is 0 Å².